The van der Waals surface area contributed by atoms with Crippen molar-refractivity contribution in [2.24, 2.45) is 0 Å². The van der Waals surface area contributed by atoms with Gasteiger partial charge in [0.2, 0.25) is 0 Å². The summed E-state index contributed by atoms with van der Waals surface area (Å²) in [7, 11) is 0. The van der Waals surface area contributed by atoms with E-state index in [-0.39, 0.29) is 11.7 Å². The predicted octanol–water partition coefficient (Wildman–Crippen LogP) is 5.35. The number of amides is 1. The highest BCUT2D eigenvalue weighted by Crippen LogP contribution is 2.24. The number of anilines is 1. The standard InChI is InChI=1S/C23H23FN2OS/c24-20-9-7-19(8-10-20)23(27)26-16-4-15-25-21-11-13-22(14-12-21)28-17-18-5-2-1-3-6-18/h1-3,5-14,25H,4,15-17H2,(H,26,27). The van der Waals surface area contributed by atoms with Crippen LogP contribution in [0, 0.1) is 5.82 Å². The van der Waals surface area contributed by atoms with Gasteiger partial charge in [0, 0.05) is 35.0 Å². The minimum Gasteiger partial charge on any atom is -0.385 e. The topological polar surface area (TPSA) is 41.1 Å². The Morgan fingerprint density at radius 3 is 2.29 bits per heavy atom. The van der Waals surface area contributed by atoms with E-state index in [9.17, 15) is 9.18 Å². The van der Waals surface area contributed by atoms with Crippen LogP contribution in [0.4, 0.5) is 10.1 Å². The lowest BCUT2D eigenvalue weighted by Gasteiger charge is -2.09. The van der Waals surface area contributed by atoms with Crippen molar-refractivity contribution in [3.05, 3.63) is 95.8 Å². The molecule has 0 unspecified atom stereocenters. The summed E-state index contributed by atoms with van der Waals surface area (Å²) in [5.41, 5.74) is 2.85. The molecule has 1 amide bonds. The number of nitrogens with one attached hydrogen (secondary N) is 2. The van der Waals surface area contributed by atoms with Crippen molar-refractivity contribution in [2.45, 2.75) is 17.1 Å². The van der Waals surface area contributed by atoms with Gasteiger partial charge < -0.3 is 10.6 Å². The van der Waals surface area contributed by atoms with E-state index in [1.165, 1.54) is 34.7 Å². The molecular formula is C23H23FN2OS. The summed E-state index contributed by atoms with van der Waals surface area (Å²) < 4.78 is 12.9. The highest BCUT2D eigenvalue weighted by atomic mass is 32.2. The maximum Gasteiger partial charge on any atom is 0.251 e. The second-order valence-corrected chi connectivity index (χ2v) is 7.39. The van der Waals surface area contributed by atoms with Crippen LogP contribution in [0.1, 0.15) is 22.3 Å². The van der Waals surface area contributed by atoms with Gasteiger partial charge in [-0.3, -0.25) is 4.79 Å². The fourth-order valence-electron chi connectivity index (χ4n) is 2.64. The smallest absolute Gasteiger partial charge is 0.251 e. The zero-order valence-electron chi connectivity index (χ0n) is 15.5. The van der Waals surface area contributed by atoms with E-state index in [1.807, 2.05) is 17.8 Å². The van der Waals surface area contributed by atoms with E-state index in [1.54, 1.807) is 0 Å². The van der Waals surface area contributed by atoms with Crippen molar-refractivity contribution < 1.29 is 9.18 Å². The Balaban J connectivity index is 1.33. The number of hydrogen-bond acceptors (Lipinski definition) is 3. The number of halogens is 1. The SMILES string of the molecule is O=C(NCCCNc1ccc(SCc2ccccc2)cc1)c1ccc(F)cc1. The molecule has 3 rings (SSSR count). The molecule has 28 heavy (non-hydrogen) atoms. The summed E-state index contributed by atoms with van der Waals surface area (Å²) in [5.74, 6) is 0.437. The van der Waals surface area contributed by atoms with Crippen molar-refractivity contribution in [1.82, 2.24) is 5.32 Å². The van der Waals surface area contributed by atoms with Crippen molar-refractivity contribution in [2.75, 3.05) is 18.4 Å². The Morgan fingerprint density at radius 2 is 1.57 bits per heavy atom. The van der Waals surface area contributed by atoms with Gasteiger partial charge in [0.05, 0.1) is 0 Å². The van der Waals surface area contributed by atoms with Crippen LogP contribution in [-0.2, 0) is 5.75 Å². The highest BCUT2D eigenvalue weighted by molar-refractivity contribution is 7.98. The van der Waals surface area contributed by atoms with E-state index < -0.39 is 0 Å². The van der Waals surface area contributed by atoms with Crippen LogP contribution in [0.2, 0.25) is 0 Å². The van der Waals surface area contributed by atoms with Crippen LogP contribution >= 0.6 is 11.8 Å². The third-order valence-electron chi connectivity index (χ3n) is 4.18. The van der Waals surface area contributed by atoms with Gasteiger partial charge in [-0.25, -0.2) is 4.39 Å². The van der Waals surface area contributed by atoms with Crippen molar-refractivity contribution >= 4 is 23.4 Å². The number of carbonyl (C=O) groups is 1. The third kappa shape index (κ3) is 6.43. The molecule has 0 aliphatic heterocycles. The Morgan fingerprint density at radius 1 is 0.857 bits per heavy atom. The summed E-state index contributed by atoms with van der Waals surface area (Å²) in [6, 6.07) is 24.4. The highest BCUT2D eigenvalue weighted by Gasteiger charge is 2.04. The molecule has 0 aromatic heterocycles. The van der Waals surface area contributed by atoms with Crippen LogP contribution in [0.15, 0.2) is 83.8 Å². The molecule has 0 saturated carbocycles. The van der Waals surface area contributed by atoms with E-state index in [0.29, 0.717) is 12.1 Å². The number of hydrogen-bond donors (Lipinski definition) is 2. The molecule has 3 aromatic rings. The number of rotatable bonds is 9. The minimum absolute atomic E-state index is 0.181. The van der Waals surface area contributed by atoms with E-state index in [0.717, 1.165) is 24.4 Å². The lowest BCUT2D eigenvalue weighted by Crippen LogP contribution is -2.25. The lowest BCUT2D eigenvalue weighted by atomic mass is 10.2. The molecule has 3 aromatic carbocycles. The van der Waals surface area contributed by atoms with Gasteiger partial charge >= 0.3 is 0 Å². The first-order valence-electron chi connectivity index (χ1n) is 9.25. The van der Waals surface area contributed by atoms with Crippen LogP contribution in [0.5, 0.6) is 0 Å². The molecular weight excluding hydrogens is 371 g/mol. The van der Waals surface area contributed by atoms with Crippen molar-refractivity contribution in [3.63, 3.8) is 0 Å². The number of benzene rings is 3. The molecule has 0 radical (unpaired) electrons. The van der Waals surface area contributed by atoms with Gasteiger partial charge in [0.25, 0.3) is 5.91 Å². The minimum atomic E-state index is -0.342. The monoisotopic (exact) mass is 394 g/mol. The second-order valence-electron chi connectivity index (χ2n) is 6.34. The molecule has 0 spiro atoms. The fraction of sp³-hybridized carbons (Fsp3) is 0.174. The summed E-state index contributed by atoms with van der Waals surface area (Å²) in [6.07, 6.45) is 0.803. The maximum absolute atomic E-state index is 12.9. The van der Waals surface area contributed by atoms with Gasteiger partial charge in [0.1, 0.15) is 5.82 Å². The lowest BCUT2D eigenvalue weighted by molar-refractivity contribution is 0.0953. The quantitative estimate of drug-likeness (QED) is 0.380. The van der Waals surface area contributed by atoms with Crippen LogP contribution in [0.3, 0.4) is 0 Å². The molecule has 0 bridgehead atoms. The van der Waals surface area contributed by atoms with Gasteiger partial charge in [0.15, 0.2) is 0 Å². The van der Waals surface area contributed by atoms with Crippen molar-refractivity contribution in [3.8, 4) is 0 Å². The fourth-order valence-corrected chi connectivity index (χ4v) is 3.49. The number of carbonyl (C=O) groups excluding carboxylic acids is 1. The summed E-state index contributed by atoms with van der Waals surface area (Å²) in [5, 5.41) is 6.20. The molecule has 0 fully saturated rings. The second kappa shape index (κ2) is 10.5. The predicted molar refractivity (Wildman–Crippen MR) is 114 cm³/mol. The first kappa shape index (κ1) is 20.0. The zero-order chi connectivity index (χ0) is 19.6. The van der Waals surface area contributed by atoms with E-state index in [4.69, 9.17) is 0 Å². The average Bonchev–Trinajstić information content (AvgIpc) is 2.74. The summed E-state index contributed by atoms with van der Waals surface area (Å²) >= 11 is 1.82. The molecule has 144 valence electrons. The molecule has 0 aliphatic rings. The first-order valence-corrected chi connectivity index (χ1v) is 10.2. The van der Waals surface area contributed by atoms with Crippen LogP contribution in [-0.4, -0.2) is 19.0 Å². The van der Waals surface area contributed by atoms with Crippen molar-refractivity contribution in [1.29, 1.82) is 0 Å². The van der Waals surface area contributed by atoms with Crippen LogP contribution in [0.25, 0.3) is 0 Å². The Hall–Kier alpha value is -2.79. The van der Waals surface area contributed by atoms with Gasteiger partial charge in [-0.15, -0.1) is 11.8 Å². The third-order valence-corrected chi connectivity index (χ3v) is 5.26. The van der Waals surface area contributed by atoms with E-state index in [2.05, 4.69) is 59.2 Å². The van der Waals surface area contributed by atoms with E-state index >= 15 is 0 Å². The number of thioether (sulfide) groups is 1. The molecule has 2 N–H and O–H groups in total. The summed E-state index contributed by atoms with van der Waals surface area (Å²) in [6.45, 7) is 1.33. The summed E-state index contributed by atoms with van der Waals surface area (Å²) in [4.78, 5) is 13.2. The molecule has 5 heteroatoms. The average molecular weight is 395 g/mol. The molecule has 0 aliphatic carbocycles. The Kier molecular flexibility index (Phi) is 7.50. The molecule has 0 saturated heterocycles. The van der Waals surface area contributed by atoms with Gasteiger partial charge in [-0.05, 0) is 60.5 Å². The first-order chi connectivity index (χ1) is 13.7. The van der Waals surface area contributed by atoms with Crippen LogP contribution < -0.4 is 10.6 Å². The largest absolute Gasteiger partial charge is 0.385 e. The van der Waals surface area contributed by atoms with Gasteiger partial charge in [-0.1, -0.05) is 30.3 Å². The normalized spacial score (nSPS) is 10.5. The maximum atomic E-state index is 12.9. The molecule has 3 nitrogen and oxygen atoms in total. The zero-order valence-corrected chi connectivity index (χ0v) is 16.3. The van der Waals surface area contributed by atoms with Gasteiger partial charge in [-0.2, -0.15) is 0 Å². The molecule has 0 heterocycles. The molecule has 0 atom stereocenters. The Bertz CT molecular complexity index is 867. The Labute approximate surface area is 169 Å².